The topological polar surface area (TPSA) is 95.6 Å². The lowest BCUT2D eigenvalue weighted by Gasteiger charge is -2.07. The molecule has 0 saturated carbocycles. The molecule has 3 rings (SSSR count). The molecule has 2 aromatic heterocycles. The predicted molar refractivity (Wildman–Crippen MR) is 75.8 cm³/mol. The molecule has 2 amide bonds. The highest BCUT2D eigenvalue weighted by molar-refractivity contribution is 6.30. The van der Waals surface area contributed by atoms with Crippen molar-refractivity contribution in [3.63, 3.8) is 0 Å². The third-order valence-corrected chi connectivity index (χ3v) is 2.77. The highest BCUT2D eigenvalue weighted by atomic mass is 35.5. The van der Waals surface area contributed by atoms with E-state index in [-0.39, 0.29) is 0 Å². The Bertz CT molecular complexity index is 771. The Balaban J connectivity index is 1.77. The van der Waals surface area contributed by atoms with Gasteiger partial charge >= 0.3 is 6.03 Å². The van der Waals surface area contributed by atoms with Crippen molar-refractivity contribution in [2.75, 3.05) is 10.6 Å². The van der Waals surface area contributed by atoms with Crippen molar-refractivity contribution in [2.45, 2.75) is 0 Å². The minimum Gasteiger partial charge on any atom is -0.340 e. The van der Waals surface area contributed by atoms with Crippen LogP contribution < -0.4 is 10.6 Å². The van der Waals surface area contributed by atoms with Crippen LogP contribution in [-0.4, -0.2) is 26.0 Å². The molecule has 0 unspecified atom stereocenters. The van der Waals surface area contributed by atoms with Crippen LogP contribution in [0.1, 0.15) is 0 Å². The Morgan fingerprint density at radius 2 is 2.10 bits per heavy atom. The molecule has 3 N–H and O–H groups in total. The van der Waals surface area contributed by atoms with Gasteiger partial charge in [0.15, 0.2) is 11.5 Å². The van der Waals surface area contributed by atoms with E-state index in [2.05, 4.69) is 30.6 Å². The number of rotatable bonds is 2. The smallest absolute Gasteiger partial charge is 0.324 e. The Morgan fingerprint density at radius 3 is 2.95 bits per heavy atom. The molecule has 0 spiro atoms. The molecule has 100 valence electrons. The van der Waals surface area contributed by atoms with Gasteiger partial charge in [0.05, 0.1) is 6.33 Å². The van der Waals surface area contributed by atoms with E-state index in [0.717, 1.165) is 0 Å². The molecule has 0 saturated heterocycles. The van der Waals surface area contributed by atoms with E-state index in [1.807, 2.05) is 0 Å². The largest absolute Gasteiger partial charge is 0.340 e. The van der Waals surface area contributed by atoms with Gasteiger partial charge in [-0.1, -0.05) is 17.7 Å². The number of fused-ring (bicyclic) bond motifs is 1. The van der Waals surface area contributed by atoms with Crippen LogP contribution in [0.25, 0.3) is 11.2 Å². The average molecular weight is 289 g/mol. The summed E-state index contributed by atoms with van der Waals surface area (Å²) in [6, 6.07) is 6.42. The van der Waals surface area contributed by atoms with Crippen LogP contribution in [0.4, 0.5) is 16.3 Å². The number of nitrogens with zero attached hydrogens (tertiary/aromatic N) is 3. The number of nitrogens with one attached hydrogen (secondary N) is 3. The number of carbonyl (C=O) groups excluding carboxylic acids is 1. The van der Waals surface area contributed by atoms with Crippen LogP contribution in [0.2, 0.25) is 5.02 Å². The Kier molecular flexibility index (Phi) is 3.18. The van der Waals surface area contributed by atoms with Crippen molar-refractivity contribution in [2.24, 2.45) is 0 Å². The van der Waals surface area contributed by atoms with Crippen LogP contribution in [0.3, 0.4) is 0 Å². The van der Waals surface area contributed by atoms with E-state index in [1.165, 1.54) is 12.7 Å². The quantitative estimate of drug-likeness (QED) is 0.675. The summed E-state index contributed by atoms with van der Waals surface area (Å²) in [6.45, 7) is 0. The summed E-state index contributed by atoms with van der Waals surface area (Å²) in [6.07, 6.45) is 2.82. The normalized spacial score (nSPS) is 10.4. The van der Waals surface area contributed by atoms with Gasteiger partial charge in [0, 0.05) is 10.7 Å². The first-order valence-electron chi connectivity index (χ1n) is 5.70. The van der Waals surface area contributed by atoms with Gasteiger partial charge in [0.2, 0.25) is 0 Å². The fourth-order valence-electron chi connectivity index (χ4n) is 1.70. The van der Waals surface area contributed by atoms with Gasteiger partial charge in [-0.3, -0.25) is 5.32 Å². The van der Waals surface area contributed by atoms with Crippen molar-refractivity contribution in [3.05, 3.63) is 41.9 Å². The number of hydrogen-bond donors (Lipinski definition) is 3. The number of imidazole rings is 1. The van der Waals surface area contributed by atoms with Gasteiger partial charge < -0.3 is 10.3 Å². The summed E-state index contributed by atoms with van der Waals surface area (Å²) >= 11 is 5.85. The van der Waals surface area contributed by atoms with Crippen LogP contribution >= 0.6 is 11.6 Å². The van der Waals surface area contributed by atoms with Crippen molar-refractivity contribution >= 4 is 40.3 Å². The molecule has 2 heterocycles. The van der Waals surface area contributed by atoms with Crippen molar-refractivity contribution < 1.29 is 4.79 Å². The van der Waals surface area contributed by atoms with Crippen LogP contribution in [0.15, 0.2) is 36.9 Å². The number of urea groups is 1. The minimum atomic E-state index is -0.429. The molecule has 0 bridgehead atoms. The van der Waals surface area contributed by atoms with Gasteiger partial charge in [-0.05, 0) is 18.2 Å². The average Bonchev–Trinajstić information content (AvgIpc) is 2.88. The van der Waals surface area contributed by atoms with E-state index < -0.39 is 6.03 Å². The Morgan fingerprint density at radius 1 is 1.20 bits per heavy atom. The zero-order valence-corrected chi connectivity index (χ0v) is 10.8. The predicted octanol–water partition coefficient (Wildman–Crippen LogP) is 2.65. The van der Waals surface area contributed by atoms with Gasteiger partial charge in [-0.15, -0.1) is 0 Å². The Labute approximate surface area is 118 Å². The first-order valence-corrected chi connectivity index (χ1v) is 6.08. The fourth-order valence-corrected chi connectivity index (χ4v) is 1.89. The molecule has 0 fully saturated rings. The maximum absolute atomic E-state index is 11.9. The SMILES string of the molecule is O=C(Nc1cccc(Cl)c1)Nc1ncnc2nc[nH]c12. The van der Waals surface area contributed by atoms with Gasteiger partial charge in [0.1, 0.15) is 11.8 Å². The molecule has 0 aliphatic heterocycles. The summed E-state index contributed by atoms with van der Waals surface area (Å²) in [4.78, 5) is 26.7. The van der Waals surface area contributed by atoms with E-state index in [1.54, 1.807) is 24.3 Å². The summed E-state index contributed by atoms with van der Waals surface area (Å²) in [7, 11) is 0. The number of aromatic nitrogens is 4. The number of H-pyrrole nitrogens is 1. The molecule has 0 atom stereocenters. The second-order valence-corrected chi connectivity index (χ2v) is 4.35. The minimum absolute atomic E-state index is 0.354. The van der Waals surface area contributed by atoms with E-state index in [4.69, 9.17) is 11.6 Å². The molecule has 8 heteroatoms. The fraction of sp³-hybridized carbons (Fsp3) is 0. The highest BCUT2D eigenvalue weighted by Gasteiger charge is 2.09. The highest BCUT2D eigenvalue weighted by Crippen LogP contribution is 2.17. The van der Waals surface area contributed by atoms with Gasteiger partial charge in [-0.2, -0.15) is 0 Å². The van der Waals surface area contributed by atoms with Crippen molar-refractivity contribution in [1.82, 2.24) is 19.9 Å². The Hall–Kier alpha value is -2.67. The van der Waals surface area contributed by atoms with Gasteiger partial charge in [0.25, 0.3) is 0 Å². The molecule has 0 radical (unpaired) electrons. The van der Waals surface area contributed by atoms with Crippen molar-refractivity contribution in [3.8, 4) is 0 Å². The number of hydrogen-bond acceptors (Lipinski definition) is 4. The number of aromatic amines is 1. The molecule has 0 aliphatic carbocycles. The second-order valence-electron chi connectivity index (χ2n) is 3.91. The molecular weight excluding hydrogens is 280 g/mol. The summed E-state index contributed by atoms with van der Waals surface area (Å²) in [5.74, 6) is 0.354. The molecule has 0 aliphatic rings. The van der Waals surface area contributed by atoms with E-state index >= 15 is 0 Å². The first-order chi connectivity index (χ1) is 9.72. The lowest BCUT2D eigenvalue weighted by Crippen LogP contribution is -2.20. The third kappa shape index (κ3) is 2.52. The van der Waals surface area contributed by atoms with Crippen LogP contribution in [-0.2, 0) is 0 Å². The van der Waals surface area contributed by atoms with E-state index in [9.17, 15) is 4.79 Å². The van der Waals surface area contributed by atoms with Crippen LogP contribution in [0.5, 0.6) is 0 Å². The number of anilines is 2. The molecular formula is C12H9ClN6O. The lowest BCUT2D eigenvalue weighted by atomic mass is 10.3. The standard InChI is InChI=1S/C12H9ClN6O/c13-7-2-1-3-8(4-7)18-12(20)19-11-9-10(15-5-14-9)16-6-17-11/h1-6H,(H3,14,15,16,17,18,19,20). The first kappa shape index (κ1) is 12.4. The van der Waals surface area contributed by atoms with E-state index in [0.29, 0.717) is 27.7 Å². The third-order valence-electron chi connectivity index (χ3n) is 2.54. The molecule has 7 nitrogen and oxygen atoms in total. The monoisotopic (exact) mass is 288 g/mol. The zero-order valence-electron chi connectivity index (χ0n) is 10.1. The van der Waals surface area contributed by atoms with Crippen LogP contribution in [0, 0.1) is 0 Å². The lowest BCUT2D eigenvalue weighted by molar-refractivity contribution is 0.262. The summed E-state index contributed by atoms with van der Waals surface area (Å²) < 4.78 is 0. The summed E-state index contributed by atoms with van der Waals surface area (Å²) in [5.41, 5.74) is 1.64. The molecule has 1 aromatic carbocycles. The maximum Gasteiger partial charge on any atom is 0.324 e. The van der Waals surface area contributed by atoms with Crippen molar-refractivity contribution in [1.29, 1.82) is 0 Å². The zero-order chi connectivity index (χ0) is 13.9. The van der Waals surface area contributed by atoms with Gasteiger partial charge in [-0.25, -0.2) is 19.7 Å². The number of carbonyl (C=O) groups is 1. The summed E-state index contributed by atoms with van der Waals surface area (Å²) in [5, 5.41) is 5.82. The number of halogens is 1. The number of amides is 2. The maximum atomic E-state index is 11.9. The second kappa shape index (κ2) is 5.14. The molecule has 3 aromatic rings. The number of benzene rings is 1. The molecule has 20 heavy (non-hydrogen) atoms.